The van der Waals surface area contributed by atoms with Crippen LogP contribution >= 0.6 is 11.8 Å². The van der Waals surface area contributed by atoms with Crippen LogP contribution < -0.4 is 5.32 Å². The van der Waals surface area contributed by atoms with Crippen LogP contribution in [0.3, 0.4) is 0 Å². The van der Waals surface area contributed by atoms with Crippen LogP contribution in [0.25, 0.3) is 0 Å². The Bertz CT molecular complexity index is 189. The van der Waals surface area contributed by atoms with Crippen LogP contribution in [0.2, 0.25) is 0 Å². The van der Waals surface area contributed by atoms with E-state index in [-0.39, 0.29) is 5.54 Å². The Kier molecular flexibility index (Phi) is 6.38. The van der Waals surface area contributed by atoms with Crippen molar-refractivity contribution in [2.24, 2.45) is 0 Å². The van der Waals surface area contributed by atoms with Crippen LogP contribution in [0.15, 0.2) is 0 Å². The molecule has 0 aromatic heterocycles. The minimum Gasteiger partial charge on any atom is -0.308 e. The number of hydrogen-bond donors (Lipinski definition) is 1. The Labute approximate surface area is 107 Å². The summed E-state index contributed by atoms with van der Waals surface area (Å²) >= 11 is 2.04. The number of hydrogen-bond acceptors (Lipinski definition) is 3. The van der Waals surface area contributed by atoms with Crippen molar-refractivity contribution in [3.05, 3.63) is 0 Å². The zero-order valence-electron chi connectivity index (χ0n) is 12.3. The molecule has 0 spiro atoms. The molecule has 0 saturated carbocycles. The first-order valence-corrected chi connectivity index (χ1v) is 7.04. The van der Waals surface area contributed by atoms with Gasteiger partial charge in [-0.3, -0.25) is 0 Å². The second kappa shape index (κ2) is 6.27. The van der Waals surface area contributed by atoms with Gasteiger partial charge in [-0.15, -0.1) is 0 Å². The van der Waals surface area contributed by atoms with Crippen molar-refractivity contribution in [2.75, 3.05) is 26.4 Å². The lowest BCUT2D eigenvalue weighted by Gasteiger charge is -2.32. The van der Waals surface area contributed by atoms with Crippen molar-refractivity contribution < 1.29 is 0 Å². The third-order valence-corrected chi connectivity index (χ3v) is 3.38. The lowest BCUT2D eigenvalue weighted by Crippen LogP contribution is -2.49. The van der Waals surface area contributed by atoms with Crippen LogP contribution in [0.1, 0.15) is 41.5 Å². The van der Waals surface area contributed by atoms with Crippen molar-refractivity contribution >= 4 is 11.8 Å². The maximum atomic E-state index is 3.70. The van der Waals surface area contributed by atoms with Gasteiger partial charge in [-0.05, 0) is 34.9 Å². The van der Waals surface area contributed by atoms with E-state index in [9.17, 15) is 0 Å². The number of nitrogens with one attached hydrogen (secondary N) is 1. The first kappa shape index (κ1) is 16.3. The first-order chi connectivity index (χ1) is 6.99. The zero-order chi connectivity index (χ0) is 13.0. The SMILES string of the molecule is CN(C)CC(CSC(C)(C)C)NC(C)(C)C. The molecular weight excluding hydrogens is 216 g/mol. The van der Waals surface area contributed by atoms with Crippen molar-refractivity contribution in [3.8, 4) is 0 Å². The van der Waals surface area contributed by atoms with E-state index in [1.54, 1.807) is 0 Å². The van der Waals surface area contributed by atoms with Crippen molar-refractivity contribution in [1.82, 2.24) is 10.2 Å². The maximum absolute atomic E-state index is 3.70. The van der Waals surface area contributed by atoms with Gasteiger partial charge >= 0.3 is 0 Å². The fourth-order valence-electron chi connectivity index (χ4n) is 1.54. The van der Waals surface area contributed by atoms with Gasteiger partial charge in [0.2, 0.25) is 0 Å². The molecule has 0 rings (SSSR count). The molecule has 0 fully saturated rings. The van der Waals surface area contributed by atoms with Crippen molar-refractivity contribution in [1.29, 1.82) is 0 Å². The predicted molar refractivity (Wildman–Crippen MR) is 77.4 cm³/mol. The van der Waals surface area contributed by atoms with Gasteiger partial charge in [-0.2, -0.15) is 11.8 Å². The van der Waals surface area contributed by atoms with Gasteiger partial charge in [0.05, 0.1) is 0 Å². The molecular formula is C13H30N2S. The molecule has 0 saturated heterocycles. The highest BCUT2D eigenvalue weighted by molar-refractivity contribution is 8.00. The molecule has 0 aliphatic carbocycles. The van der Waals surface area contributed by atoms with Gasteiger partial charge in [0.15, 0.2) is 0 Å². The highest BCUT2D eigenvalue weighted by Crippen LogP contribution is 2.24. The summed E-state index contributed by atoms with van der Waals surface area (Å²) in [5, 5.41) is 3.70. The Morgan fingerprint density at radius 2 is 1.56 bits per heavy atom. The van der Waals surface area contributed by atoms with Crippen LogP contribution in [-0.4, -0.2) is 47.6 Å². The zero-order valence-corrected chi connectivity index (χ0v) is 13.2. The van der Waals surface area contributed by atoms with Gasteiger partial charge in [0.1, 0.15) is 0 Å². The van der Waals surface area contributed by atoms with Gasteiger partial charge in [0, 0.05) is 28.6 Å². The molecule has 1 unspecified atom stereocenters. The molecule has 3 heteroatoms. The monoisotopic (exact) mass is 246 g/mol. The molecule has 0 heterocycles. The van der Waals surface area contributed by atoms with E-state index < -0.39 is 0 Å². The van der Waals surface area contributed by atoms with E-state index in [0.717, 1.165) is 6.54 Å². The van der Waals surface area contributed by atoms with Crippen LogP contribution in [0.5, 0.6) is 0 Å². The van der Waals surface area contributed by atoms with E-state index in [1.165, 1.54) is 5.75 Å². The third kappa shape index (κ3) is 10.8. The van der Waals surface area contributed by atoms with Crippen LogP contribution in [-0.2, 0) is 0 Å². The quantitative estimate of drug-likeness (QED) is 0.803. The molecule has 98 valence electrons. The minimum absolute atomic E-state index is 0.194. The highest BCUT2D eigenvalue weighted by Gasteiger charge is 2.20. The molecule has 2 nitrogen and oxygen atoms in total. The molecule has 0 aromatic rings. The fraction of sp³-hybridized carbons (Fsp3) is 1.00. The molecule has 1 atom stereocenters. The normalized spacial score (nSPS) is 15.6. The van der Waals surface area contributed by atoms with Crippen LogP contribution in [0.4, 0.5) is 0 Å². The summed E-state index contributed by atoms with van der Waals surface area (Å²) < 4.78 is 0.351. The van der Waals surface area contributed by atoms with Gasteiger partial charge in [0.25, 0.3) is 0 Å². The molecule has 0 aliphatic heterocycles. The average Bonchev–Trinajstić information content (AvgIpc) is 1.94. The fourth-order valence-corrected chi connectivity index (χ4v) is 2.43. The Morgan fingerprint density at radius 1 is 1.06 bits per heavy atom. The largest absolute Gasteiger partial charge is 0.308 e. The lowest BCUT2D eigenvalue weighted by molar-refractivity contribution is 0.301. The van der Waals surface area contributed by atoms with E-state index in [0.29, 0.717) is 10.8 Å². The number of thioether (sulfide) groups is 1. The summed E-state index contributed by atoms with van der Waals surface area (Å²) in [6.07, 6.45) is 0. The first-order valence-electron chi connectivity index (χ1n) is 6.06. The molecule has 0 amide bonds. The summed E-state index contributed by atoms with van der Waals surface area (Å²) in [6, 6.07) is 0.555. The average molecular weight is 246 g/mol. The summed E-state index contributed by atoms with van der Waals surface area (Å²) in [6.45, 7) is 14.6. The second-order valence-electron chi connectivity index (χ2n) is 6.78. The summed E-state index contributed by atoms with van der Waals surface area (Å²) in [5.74, 6) is 1.17. The molecule has 0 aromatic carbocycles. The second-order valence-corrected chi connectivity index (χ2v) is 8.62. The summed E-state index contributed by atoms with van der Waals surface area (Å²) in [5.41, 5.74) is 0.194. The third-order valence-electron chi connectivity index (χ3n) is 1.94. The van der Waals surface area contributed by atoms with Gasteiger partial charge in [-0.1, -0.05) is 20.8 Å². The molecule has 1 N–H and O–H groups in total. The van der Waals surface area contributed by atoms with Gasteiger partial charge < -0.3 is 10.2 Å². The molecule has 0 bridgehead atoms. The minimum atomic E-state index is 0.194. The Morgan fingerprint density at radius 3 is 1.88 bits per heavy atom. The number of likely N-dealkylation sites (N-methyl/N-ethyl adjacent to an activating group) is 1. The number of nitrogens with zero attached hydrogens (tertiary/aromatic N) is 1. The van der Waals surface area contributed by atoms with E-state index >= 15 is 0 Å². The standard InChI is InChI=1S/C13H30N2S/c1-12(2,3)14-11(9-15(7)8)10-16-13(4,5)6/h11,14H,9-10H2,1-8H3. The number of rotatable bonds is 5. The van der Waals surface area contributed by atoms with Gasteiger partial charge in [-0.25, -0.2) is 0 Å². The molecule has 16 heavy (non-hydrogen) atoms. The predicted octanol–water partition coefficient (Wildman–Crippen LogP) is 2.84. The summed E-state index contributed by atoms with van der Waals surface area (Å²) in [7, 11) is 4.28. The maximum Gasteiger partial charge on any atom is 0.0290 e. The van der Waals surface area contributed by atoms with E-state index in [2.05, 4.69) is 65.9 Å². The molecule has 0 aliphatic rings. The van der Waals surface area contributed by atoms with E-state index in [4.69, 9.17) is 0 Å². The Hall–Kier alpha value is 0.270. The Balaban J connectivity index is 4.22. The highest BCUT2D eigenvalue weighted by atomic mass is 32.2. The summed E-state index contributed by atoms with van der Waals surface area (Å²) in [4.78, 5) is 2.26. The van der Waals surface area contributed by atoms with Crippen LogP contribution in [0, 0.1) is 0 Å². The topological polar surface area (TPSA) is 15.3 Å². The smallest absolute Gasteiger partial charge is 0.0290 e. The molecule has 0 radical (unpaired) electrons. The lowest BCUT2D eigenvalue weighted by atomic mass is 10.1. The van der Waals surface area contributed by atoms with Crippen molar-refractivity contribution in [3.63, 3.8) is 0 Å². The van der Waals surface area contributed by atoms with Crippen molar-refractivity contribution in [2.45, 2.75) is 57.9 Å². The van der Waals surface area contributed by atoms with E-state index in [1.807, 2.05) is 11.8 Å².